The van der Waals surface area contributed by atoms with E-state index in [1.807, 2.05) is 17.8 Å². The molecular formula is C22H31N3O3. The third-order valence-corrected chi connectivity index (χ3v) is 6.16. The maximum absolute atomic E-state index is 13.0. The molecule has 152 valence electrons. The van der Waals surface area contributed by atoms with Gasteiger partial charge in [0.25, 0.3) is 11.5 Å². The van der Waals surface area contributed by atoms with Gasteiger partial charge in [0.1, 0.15) is 0 Å². The Labute approximate surface area is 165 Å². The summed E-state index contributed by atoms with van der Waals surface area (Å²) in [5, 5.41) is 3.69. The van der Waals surface area contributed by atoms with Gasteiger partial charge in [0.05, 0.1) is 22.6 Å². The van der Waals surface area contributed by atoms with Gasteiger partial charge in [-0.3, -0.25) is 9.59 Å². The number of nitrogens with one attached hydrogen (secondary N) is 2. The first kappa shape index (κ1) is 19.2. The summed E-state index contributed by atoms with van der Waals surface area (Å²) in [4.78, 5) is 28.3. The number of carbonyl (C=O) groups is 1. The van der Waals surface area contributed by atoms with Crippen LogP contribution in [-0.4, -0.2) is 34.2 Å². The van der Waals surface area contributed by atoms with E-state index in [0.717, 1.165) is 69.1 Å². The van der Waals surface area contributed by atoms with Crippen molar-refractivity contribution in [1.82, 2.24) is 14.9 Å². The topological polar surface area (TPSA) is 76.1 Å². The van der Waals surface area contributed by atoms with E-state index in [2.05, 4.69) is 17.2 Å². The fraction of sp³-hybridized carbons (Fsp3) is 0.636. The molecule has 2 aromatic rings. The van der Waals surface area contributed by atoms with E-state index >= 15 is 0 Å². The molecule has 0 atom stereocenters. The predicted octanol–water partition coefficient (Wildman–Crippen LogP) is 3.60. The molecule has 2 aliphatic rings. The molecule has 28 heavy (non-hydrogen) atoms. The molecule has 0 radical (unpaired) electrons. The summed E-state index contributed by atoms with van der Waals surface area (Å²) in [6.45, 7) is 3.00. The number of aromatic amines is 1. The SMILES string of the molecule is CCCCOC1CCC(NC(=O)c2cn(C)c3c(C4CC4)c[nH]c(=O)c23)CC1. The van der Waals surface area contributed by atoms with E-state index in [-0.39, 0.29) is 17.5 Å². The molecule has 2 heterocycles. The fourth-order valence-electron chi connectivity index (χ4n) is 4.40. The summed E-state index contributed by atoms with van der Waals surface area (Å²) in [5.74, 6) is 0.367. The van der Waals surface area contributed by atoms with Crippen LogP contribution in [0.3, 0.4) is 0 Å². The highest BCUT2D eigenvalue weighted by Crippen LogP contribution is 2.42. The van der Waals surface area contributed by atoms with Gasteiger partial charge >= 0.3 is 0 Å². The second-order valence-corrected chi connectivity index (χ2v) is 8.40. The van der Waals surface area contributed by atoms with Crippen LogP contribution in [0.4, 0.5) is 0 Å². The zero-order chi connectivity index (χ0) is 19.7. The first-order valence-electron chi connectivity index (χ1n) is 10.7. The minimum Gasteiger partial charge on any atom is -0.378 e. The average molecular weight is 386 g/mol. The molecule has 6 nitrogen and oxygen atoms in total. The lowest BCUT2D eigenvalue weighted by Gasteiger charge is -2.29. The number of rotatable bonds is 7. The summed E-state index contributed by atoms with van der Waals surface area (Å²) < 4.78 is 7.85. The van der Waals surface area contributed by atoms with E-state index in [1.165, 1.54) is 0 Å². The van der Waals surface area contributed by atoms with E-state index in [0.29, 0.717) is 23.0 Å². The van der Waals surface area contributed by atoms with Crippen LogP contribution < -0.4 is 10.9 Å². The molecule has 6 heteroatoms. The number of hydrogen-bond donors (Lipinski definition) is 2. The number of ether oxygens (including phenoxy) is 1. The van der Waals surface area contributed by atoms with Crippen molar-refractivity contribution in [2.24, 2.45) is 7.05 Å². The number of nitrogens with zero attached hydrogens (tertiary/aromatic N) is 1. The van der Waals surface area contributed by atoms with Gasteiger partial charge in [0, 0.05) is 32.1 Å². The summed E-state index contributed by atoms with van der Waals surface area (Å²) in [7, 11) is 1.92. The van der Waals surface area contributed by atoms with Crippen molar-refractivity contribution < 1.29 is 9.53 Å². The first-order valence-corrected chi connectivity index (χ1v) is 10.7. The molecule has 0 unspecified atom stereocenters. The molecule has 0 aromatic carbocycles. The van der Waals surface area contributed by atoms with Gasteiger partial charge in [-0.15, -0.1) is 0 Å². The number of unbranched alkanes of at least 4 members (excludes halogenated alkanes) is 1. The van der Waals surface area contributed by atoms with Gasteiger partial charge in [0.2, 0.25) is 0 Å². The molecule has 2 aromatic heterocycles. The third kappa shape index (κ3) is 3.88. The Balaban J connectivity index is 1.45. The molecule has 0 saturated heterocycles. The van der Waals surface area contributed by atoms with Gasteiger partial charge in [-0.1, -0.05) is 13.3 Å². The lowest BCUT2D eigenvalue weighted by molar-refractivity contribution is 0.0209. The second-order valence-electron chi connectivity index (χ2n) is 8.40. The quantitative estimate of drug-likeness (QED) is 0.715. The molecule has 2 fully saturated rings. The number of aromatic nitrogens is 2. The van der Waals surface area contributed by atoms with Crippen LogP contribution in [0.25, 0.3) is 10.9 Å². The standard InChI is InChI=1S/C22H31N3O3/c1-3-4-11-28-16-9-7-15(8-10-16)24-21(26)18-13-25(2)20-17(14-5-6-14)12-23-22(27)19(18)20/h12-16H,3-11H2,1-2H3,(H,23,27)(H,24,26). The molecule has 1 amide bonds. The van der Waals surface area contributed by atoms with Crippen molar-refractivity contribution in [3.63, 3.8) is 0 Å². The van der Waals surface area contributed by atoms with Gasteiger partial charge in [-0.25, -0.2) is 0 Å². The van der Waals surface area contributed by atoms with Crippen molar-refractivity contribution in [2.45, 2.75) is 76.4 Å². The number of carbonyl (C=O) groups excluding carboxylic acids is 1. The summed E-state index contributed by atoms with van der Waals surface area (Å²) in [5.41, 5.74) is 2.37. The monoisotopic (exact) mass is 385 g/mol. The van der Waals surface area contributed by atoms with Crippen LogP contribution in [0.15, 0.2) is 17.2 Å². The van der Waals surface area contributed by atoms with Crippen LogP contribution >= 0.6 is 0 Å². The van der Waals surface area contributed by atoms with Crippen molar-refractivity contribution in [2.75, 3.05) is 6.61 Å². The minimum absolute atomic E-state index is 0.139. The van der Waals surface area contributed by atoms with E-state index in [1.54, 1.807) is 6.20 Å². The molecule has 4 rings (SSSR count). The number of hydrogen-bond acceptors (Lipinski definition) is 3. The summed E-state index contributed by atoms with van der Waals surface area (Å²) in [6, 6.07) is 0.152. The molecule has 2 saturated carbocycles. The number of amides is 1. The van der Waals surface area contributed by atoms with E-state index < -0.39 is 0 Å². The largest absolute Gasteiger partial charge is 0.378 e. The third-order valence-electron chi connectivity index (χ3n) is 6.16. The van der Waals surface area contributed by atoms with E-state index in [9.17, 15) is 9.59 Å². The van der Waals surface area contributed by atoms with Crippen LogP contribution in [0.5, 0.6) is 0 Å². The first-order chi connectivity index (χ1) is 13.6. The summed E-state index contributed by atoms with van der Waals surface area (Å²) >= 11 is 0. The number of pyridine rings is 1. The Morgan fingerprint density at radius 2 is 2.00 bits per heavy atom. The van der Waals surface area contributed by atoms with Crippen LogP contribution in [0, 0.1) is 0 Å². The van der Waals surface area contributed by atoms with E-state index in [4.69, 9.17) is 4.74 Å². The maximum atomic E-state index is 13.0. The zero-order valence-corrected chi connectivity index (χ0v) is 16.9. The van der Waals surface area contributed by atoms with Gasteiger partial charge < -0.3 is 19.6 Å². The number of fused-ring (bicyclic) bond motifs is 1. The van der Waals surface area contributed by atoms with Crippen molar-refractivity contribution in [1.29, 1.82) is 0 Å². The Morgan fingerprint density at radius 3 is 2.68 bits per heavy atom. The van der Waals surface area contributed by atoms with Crippen molar-refractivity contribution in [3.05, 3.63) is 33.9 Å². The molecule has 2 N–H and O–H groups in total. The van der Waals surface area contributed by atoms with Crippen molar-refractivity contribution >= 4 is 16.8 Å². The Hall–Kier alpha value is -2.08. The average Bonchev–Trinajstić information content (AvgIpc) is 3.47. The van der Waals surface area contributed by atoms with Crippen molar-refractivity contribution in [3.8, 4) is 0 Å². The normalized spacial score (nSPS) is 22.5. The minimum atomic E-state index is -0.182. The lowest BCUT2D eigenvalue weighted by atomic mass is 9.92. The summed E-state index contributed by atoms with van der Waals surface area (Å²) in [6.07, 6.45) is 12.3. The molecule has 0 aliphatic heterocycles. The molecule has 0 bridgehead atoms. The van der Waals surface area contributed by atoms with Crippen LogP contribution in [-0.2, 0) is 11.8 Å². The smallest absolute Gasteiger partial charge is 0.258 e. The number of aryl methyl sites for hydroxylation is 1. The highest BCUT2D eigenvalue weighted by molar-refractivity contribution is 6.07. The highest BCUT2D eigenvalue weighted by atomic mass is 16.5. The van der Waals surface area contributed by atoms with Crippen LogP contribution in [0.2, 0.25) is 0 Å². The Morgan fingerprint density at radius 1 is 1.25 bits per heavy atom. The Bertz CT molecular complexity index is 902. The molecule has 0 spiro atoms. The lowest BCUT2D eigenvalue weighted by Crippen LogP contribution is -2.39. The zero-order valence-electron chi connectivity index (χ0n) is 16.9. The van der Waals surface area contributed by atoms with Crippen LogP contribution in [0.1, 0.15) is 80.1 Å². The second kappa shape index (κ2) is 8.11. The highest BCUT2D eigenvalue weighted by Gasteiger charge is 2.30. The Kier molecular flexibility index (Phi) is 5.58. The maximum Gasteiger partial charge on any atom is 0.258 e. The number of H-pyrrole nitrogens is 1. The van der Waals surface area contributed by atoms with Gasteiger partial charge in [0.15, 0.2) is 0 Å². The molecular weight excluding hydrogens is 354 g/mol. The van der Waals surface area contributed by atoms with Gasteiger partial charge in [-0.2, -0.15) is 0 Å². The predicted molar refractivity (Wildman–Crippen MR) is 110 cm³/mol. The molecule has 2 aliphatic carbocycles. The fourth-order valence-corrected chi connectivity index (χ4v) is 4.40. The van der Waals surface area contributed by atoms with Gasteiger partial charge in [-0.05, 0) is 56.4 Å².